The van der Waals surface area contributed by atoms with Crippen LogP contribution in [0.5, 0.6) is 0 Å². The van der Waals surface area contributed by atoms with Gasteiger partial charge in [0.15, 0.2) is 0 Å². The average Bonchev–Trinajstić information content (AvgIpc) is 2.52. The van der Waals surface area contributed by atoms with Crippen LogP contribution in [0.25, 0.3) is 0 Å². The second-order valence-electron chi connectivity index (χ2n) is 6.53. The van der Waals surface area contributed by atoms with Crippen molar-refractivity contribution in [3.05, 3.63) is 29.8 Å². The number of unbranched alkanes of at least 4 members (excludes halogenated alkanes) is 5. The Morgan fingerprint density at radius 2 is 1.43 bits per heavy atom. The molecule has 0 aliphatic heterocycles. The maximum atomic E-state index is 2.50. The zero-order valence-corrected chi connectivity index (χ0v) is 15.4. The number of benzene rings is 1. The zero-order chi connectivity index (χ0) is 15.6. The third-order valence-electron chi connectivity index (χ3n) is 4.67. The molecule has 0 nitrogen and oxygen atoms in total. The number of thioether (sulfide) groups is 1. The van der Waals surface area contributed by atoms with Gasteiger partial charge in [-0.25, -0.2) is 0 Å². The van der Waals surface area contributed by atoms with Crippen LogP contribution >= 0.6 is 11.8 Å². The van der Waals surface area contributed by atoms with Gasteiger partial charge in [-0.1, -0.05) is 83.9 Å². The number of hydrogen-bond donors (Lipinski definition) is 0. The molecule has 1 aromatic rings. The topological polar surface area (TPSA) is 0 Å². The Hall–Kier alpha value is -0.430. The van der Waals surface area contributed by atoms with E-state index in [0.29, 0.717) is 5.41 Å². The van der Waals surface area contributed by atoms with Gasteiger partial charge in [0.1, 0.15) is 0 Å². The van der Waals surface area contributed by atoms with E-state index in [9.17, 15) is 0 Å². The van der Waals surface area contributed by atoms with Gasteiger partial charge in [-0.3, -0.25) is 0 Å². The number of hydrogen-bond acceptors (Lipinski definition) is 1. The van der Waals surface area contributed by atoms with Crippen LogP contribution in [-0.2, 0) is 5.41 Å². The van der Waals surface area contributed by atoms with Gasteiger partial charge in [0.2, 0.25) is 0 Å². The van der Waals surface area contributed by atoms with Crippen molar-refractivity contribution in [3.8, 4) is 0 Å². The van der Waals surface area contributed by atoms with Crippen LogP contribution in [0.15, 0.2) is 29.2 Å². The quantitative estimate of drug-likeness (QED) is 0.307. The van der Waals surface area contributed by atoms with Gasteiger partial charge in [-0.15, -0.1) is 11.8 Å². The molecule has 120 valence electrons. The lowest BCUT2D eigenvalue weighted by molar-refractivity contribution is 0.360. The highest BCUT2D eigenvalue weighted by atomic mass is 32.2. The Labute approximate surface area is 137 Å². The Morgan fingerprint density at radius 3 is 2.05 bits per heavy atom. The minimum Gasteiger partial charge on any atom is -0.129 e. The highest BCUT2D eigenvalue weighted by molar-refractivity contribution is 7.98. The standard InChI is InChI=1S/C20H34S/c1-5-7-9-13-17-20(3,16-12-8-6-2)18-14-10-11-15-19(18)21-4/h10-11,14-15H,5-9,12-13,16-17H2,1-4H3. The lowest BCUT2D eigenvalue weighted by Gasteiger charge is -2.32. The summed E-state index contributed by atoms with van der Waals surface area (Å²) in [4.78, 5) is 1.48. The number of rotatable bonds is 11. The van der Waals surface area contributed by atoms with Gasteiger partial charge in [-0.05, 0) is 36.1 Å². The Morgan fingerprint density at radius 1 is 0.857 bits per heavy atom. The third kappa shape index (κ3) is 6.06. The summed E-state index contributed by atoms with van der Waals surface area (Å²) in [6.07, 6.45) is 14.4. The molecule has 0 aliphatic rings. The van der Waals surface area contributed by atoms with E-state index in [1.54, 1.807) is 5.56 Å². The fourth-order valence-electron chi connectivity index (χ4n) is 3.24. The third-order valence-corrected chi connectivity index (χ3v) is 5.47. The van der Waals surface area contributed by atoms with Gasteiger partial charge >= 0.3 is 0 Å². The van der Waals surface area contributed by atoms with E-state index in [2.05, 4.69) is 51.3 Å². The lowest BCUT2D eigenvalue weighted by Crippen LogP contribution is -2.23. The van der Waals surface area contributed by atoms with E-state index >= 15 is 0 Å². The highest BCUT2D eigenvalue weighted by Crippen LogP contribution is 2.39. The van der Waals surface area contributed by atoms with E-state index in [0.717, 1.165) is 0 Å². The van der Waals surface area contributed by atoms with Crippen LogP contribution in [-0.4, -0.2) is 6.26 Å². The second kappa shape index (κ2) is 10.3. The SMILES string of the molecule is CCCCCCC(C)(CCCCC)c1ccccc1SC. The lowest BCUT2D eigenvalue weighted by atomic mass is 9.74. The molecule has 1 aromatic carbocycles. The van der Waals surface area contributed by atoms with E-state index in [4.69, 9.17) is 0 Å². The first-order valence-electron chi connectivity index (χ1n) is 8.81. The molecule has 1 atom stereocenters. The minimum atomic E-state index is 0.364. The van der Waals surface area contributed by atoms with Crippen LogP contribution in [0.4, 0.5) is 0 Å². The minimum absolute atomic E-state index is 0.364. The van der Waals surface area contributed by atoms with E-state index < -0.39 is 0 Å². The molecule has 0 spiro atoms. The van der Waals surface area contributed by atoms with Crippen LogP contribution in [0, 0.1) is 0 Å². The highest BCUT2D eigenvalue weighted by Gasteiger charge is 2.27. The van der Waals surface area contributed by atoms with Crippen molar-refractivity contribution >= 4 is 11.8 Å². The Kier molecular flexibility index (Phi) is 9.15. The van der Waals surface area contributed by atoms with Crippen molar-refractivity contribution in [2.75, 3.05) is 6.26 Å². The van der Waals surface area contributed by atoms with Crippen molar-refractivity contribution in [2.24, 2.45) is 0 Å². The summed E-state index contributed by atoms with van der Waals surface area (Å²) in [7, 11) is 0. The fraction of sp³-hybridized carbons (Fsp3) is 0.700. The van der Waals surface area contributed by atoms with E-state index in [1.165, 1.54) is 62.7 Å². The van der Waals surface area contributed by atoms with Crippen molar-refractivity contribution in [3.63, 3.8) is 0 Å². The van der Waals surface area contributed by atoms with Gasteiger partial charge < -0.3 is 0 Å². The first kappa shape index (κ1) is 18.6. The monoisotopic (exact) mass is 306 g/mol. The van der Waals surface area contributed by atoms with Gasteiger partial charge in [0, 0.05) is 4.90 Å². The maximum Gasteiger partial charge on any atom is 0.0107 e. The van der Waals surface area contributed by atoms with Crippen LogP contribution in [0.2, 0.25) is 0 Å². The molecule has 0 fully saturated rings. The summed E-state index contributed by atoms with van der Waals surface area (Å²) in [6, 6.07) is 9.07. The van der Waals surface area contributed by atoms with Crippen molar-refractivity contribution in [1.82, 2.24) is 0 Å². The summed E-state index contributed by atoms with van der Waals surface area (Å²) in [6.45, 7) is 7.10. The maximum absolute atomic E-state index is 2.50. The molecule has 0 N–H and O–H groups in total. The van der Waals surface area contributed by atoms with Crippen LogP contribution in [0.1, 0.15) is 84.1 Å². The molecule has 0 radical (unpaired) electrons. The van der Waals surface area contributed by atoms with E-state index in [1.807, 2.05) is 11.8 Å². The Bertz CT molecular complexity index is 385. The fourth-order valence-corrected chi connectivity index (χ4v) is 3.99. The summed E-state index contributed by atoms with van der Waals surface area (Å²) >= 11 is 1.91. The predicted octanol–water partition coefficient (Wildman–Crippen LogP) is 7.22. The molecule has 0 heterocycles. The van der Waals surface area contributed by atoms with Crippen LogP contribution < -0.4 is 0 Å². The average molecular weight is 307 g/mol. The molecule has 0 aromatic heterocycles. The van der Waals surface area contributed by atoms with Gasteiger partial charge in [-0.2, -0.15) is 0 Å². The molecule has 0 aliphatic carbocycles. The van der Waals surface area contributed by atoms with Crippen molar-refractivity contribution in [1.29, 1.82) is 0 Å². The molecule has 0 saturated carbocycles. The second-order valence-corrected chi connectivity index (χ2v) is 7.38. The van der Waals surface area contributed by atoms with Crippen molar-refractivity contribution in [2.45, 2.75) is 88.9 Å². The zero-order valence-electron chi connectivity index (χ0n) is 14.6. The molecule has 1 unspecified atom stereocenters. The molecule has 21 heavy (non-hydrogen) atoms. The largest absolute Gasteiger partial charge is 0.129 e. The summed E-state index contributed by atoms with van der Waals surface area (Å²) in [5, 5.41) is 0. The van der Waals surface area contributed by atoms with Crippen LogP contribution in [0.3, 0.4) is 0 Å². The molecular weight excluding hydrogens is 272 g/mol. The molecular formula is C20H34S. The smallest absolute Gasteiger partial charge is 0.0107 e. The first-order chi connectivity index (χ1) is 10.2. The molecule has 1 heteroatoms. The predicted molar refractivity (Wildman–Crippen MR) is 98.5 cm³/mol. The van der Waals surface area contributed by atoms with Gasteiger partial charge in [0.05, 0.1) is 0 Å². The molecule has 0 amide bonds. The van der Waals surface area contributed by atoms with E-state index in [-0.39, 0.29) is 0 Å². The first-order valence-corrected chi connectivity index (χ1v) is 10.0. The van der Waals surface area contributed by atoms with Crippen molar-refractivity contribution < 1.29 is 0 Å². The molecule has 1 rings (SSSR count). The molecule has 0 bridgehead atoms. The van der Waals surface area contributed by atoms with Gasteiger partial charge in [0.25, 0.3) is 0 Å². The normalized spacial score (nSPS) is 14.1. The molecule has 0 saturated heterocycles. The summed E-state index contributed by atoms with van der Waals surface area (Å²) in [5.74, 6) is 0. The summed E-state index contributed by atoms with van der Waals surface area (Å²) < 4.78 is 0. The Balaban J connectivity index is 2.83. The summed E-state index contributed by atoms with van der Waals surface area (Å²) in [5.41, 5.74) is 1.95.